The van der Waals surface area contributed by atoms with Gasteiger partial charge in [0.2, 0.25) is 5.91 Å². The minimum absolute atomic E-state index is 0.0107. The number of nitrogens with one attached hydrogen (secondary N) is 1. The van der Waals surface area contributed by atoms with Crippen molar-refractivity contribution in [3.05, 3.63) is 68.7 Å². The van der Waals surface area contributed by atoms with Crippen molar-refractivity contribution in [3.63, 3.8) is 0 Å². The van der Waals surface area contributed by atoms with E-state index in [1.165, 1.54) is 0 Å². The molecule has 1 heterocycles. The van der Waals surface area contributed by atoms with Crippen LogP contribution in [0.1, 0.15) is 23.0 Å². The van der Waals surface area contributed by atoms with Crippen molar-refractivity contribution in [1.29, 1.82) is 0 Å². The molecular formula is C16H12Cl3NO. The Balaban J connectivity index is 2.04. The molecule has 0 unspecified atom stereocenters. The van der Waals surface area contributed by atoms with Crippen LogP contribution in [0.25, 0.3) is 0 Å². The number of halogens is 3. The first-order valence-corrected chi connectivity index (χ1v) is 7.68. The summed E-state index contributed by atoms with van der Waals surface area (Å²) < 4.78 is 0. The van der Waals surface area contributed by atoms with Gasteiger partial charge in [-0.05, 0) is 29.3 Å². The van der Waals surface area contributed by atoms with Crippen LogP contribution in [0.2, 0.25) is 15.1 Å². The lowest BCUT2D eigenvalue weighted by molar-refractivity contribution is -0.120. The first-order chi connectivity index (χ1) is 10.1. The maximum absolute atomic E-state index is 12.2. The van der Waals surface area contributed by atoms with Crippen molar-refractivity contribution in [2.45, 2.75) is 11.8 Å². The van der Waals surface area contributed by atoms with Crippen molar-refractivity contribution < 1.29 is 4.79 Å². The van der Waals surface area contributed by atoms with Crippen LogP contribution in [0.4, 0.5) is 0 Å². The smallest absolute Gasteiger partial charge is 0.228 e. The fourth-order valence-electron chi connectivity index (χ4n) is 2.78. The lowest BCUT2D eigenvalue weighted by Crippen LogP contribution is -2.18. The van der Waals surface area contributed by atoms with E-state index in [0.717, 1.165) is 11.1 Å². The summed E-state index contributed by atoms with van der Waals surface area (Å²) in [5, 5.41) is 4.51. The molecular weight excluding hydrogens is 329 g/mol. The first-order valence-electron chi connectivity index (χ1n) is 6.55. The molecule has 3 rings (SSSR count). The average molecular weight is 341 g/mol. The van der Waals surface area contributed by atoms with Crippen LogP contribution in [0.3, 0.4) is 0 Å². The SMILES string of the molecule is O=C1NC[C@@H](c2ccccc2Cl)[C@@H]1c1ccc(Cl)c(Cl)c1. The van der Waals surface area contributed by atoms with E-state index >= 15 is 0 Å². The molecule has 1 saturated heterocycles. The van der Waals surface area contributed by atoms with E-state index in [1.807, 2.05) is 30.3 Å². The van der Waals surface area contributed by atoms with Crippen molar-refractivity contribution in [3.8, 4) is 0 Å². The van der Waals surface area contributed by atoms with Crippen LogP contribution >= 0.6 is 34.8 Å². The number of hydrogen-bond acceptors (Lipinski definition) is 1. The summed E-state index contributed by atoms with van der Waals surface area (Å²) in [6, 6.07) is 12.9. The maximum Gasteiger partial charge on any atom is 0.228 e. The van der Waals surface area contributed by atoms with Gasteiger partial charge >= 0.3 is 0 Å². The van der Waals surface area contributed by atoms with E-state index in [4.69, 9.17) is 34.8 Å². The van der Waals surface area contributed by atoms with Gasteiger partial charge in [-0.3, -0.25) is 4.79 Å². The highest BCUT2D eigenvalue weighted by Gasteiger charge is 2.37. The Bertz CT molecular complexity index is 702. The van der Waals surface area contributed by atoms with Gasteiger partial charge < -0.3 is 5.32 Å². The molecule has 2 nitrogen and oxygen atoms in total. The fourth-order valence-corrected chi connectivity index (χ4v) is 3.36. The number of carbonyl (C=O) groups excluding carboxylic acids is 1. The molecule has 1 aliphatic rings. The van der Waals surface area contributed by atoms with Gasteiger partial charge in [-0.2, -0.15) is 0 Å². The topological polar surface area (TPSA) is 29.1 Å². The molecule has 0 spiro atoms. The third-order valence-corrected chi connectivity index (χ3v) is 4.87. The quantitative estimate of drug-likeness (QED) is 0.847. The van der Waals surface area contributed by atoms with Crippen molar-refractivity contribution >= 4 is 40.7 Å². The first kappa shape index (κ1) is 14.7. The summed E-state index contributed by atoms with van der Waals surface area (Å²) in [7, 11) is 0. The van der Waals surface area contributed by atoms with Gasteiger partial charge in [0.1, 0.15) is 0 Å². The Morgan fingerprint density at radius 1 is 0.952 bits per heavy atom. The highest BCUT2D eigenvalue weighted by molar-refractivity contribution is 6.42. The normalized spacial score (nSPS) is 21.4. The molecule has 1 N–H and O–H groups in total. The molecule has 21 heavy (non-hydrogen) atoms. The van der Waals surface area contributed by atoms with Crippen molar-refractivity contribution in [2.75, 3.05) is 6.54 Å². The van der Waals surface area contributed by atoms with Crippen LogP contribution in [0.15, 0.2) is 42.5 Å². The molecule has 2 atom stereocenters. The number of rotatable bonds is 2. The lowest BCUT2D eigenvalue weighted by Gasteiger charge is -2.19. The summed E-state index contributed by atoms with van der Waals surface area (Å²) >= 11 is 18.3. The second-order valence-electron chi connectivity index (χ2n) is 5.02. The van der Waals surface area contributed by atoms with E-state index in [2.05, 4.69) is 5.32 Å². The van der Waals surface area contributed by atoms with Crippen LogP contribution < -0.4 is 5.32 Å². The minimum Gasteiger partial charge on any atom is -0.355 e. The largest absolute Gasteiger partial charge is 0.355 e. The zero-order valence-electron chi connectivity index (χ0n) is 10.9. The standard InChI is InChI=1S/C16H12Cl3NO/c17-12-4-2-1-3-10(12)11-8-20-16(21)15(11)9-5-6-13(18)14(19)7-9/h1-7,11,15H,8H2,(H,20,21)/t11-,15-/m0/s1. The summed E-state index contributed by atoms with van der Waals surface area (Å²) in [6.45, 7) is 0.563. The second kappa shape index (κ2) is 5.88. The third-order valence-electron chi connectivity index (χ3n) is 3.79. The van der Waals surface area contributed by atoms with Gasteiger partial charge in [0.05, 0.1) is 16.0 Å². The van der Waals surface area contributed by atoms with Crippen LogP contribution in [-0.4, -0.2) is 12.5 Å². The predicted octanol–water partition coefficient (Wildman–Crippen LogP) is 4.64. The number of amides is 1. The molecule has 2 aromatic rings. The summed E-state index contributed by atoms with van der Waals surface area (Å²) in [4.78, 5) is 12.2. The Kier molecular flexibility index (Phi) is 4.12. The van der Waals surface area contributed by atoms with Crippen LogP contribution in [0, 0.1) is 0 Å². The summed E-state index contributed by atoms with van der Waals surface area (Å²) in [5.74, 6) is -0.332. The van der Waals surface area contributed by atoms with Gasteiger partial charge in [0.15, 0.2) is 0 Å². The fraction of sp³-hybridized carbons (Fsp3) is 0.188. The summed E-state index contributed by atoms with van der Waals surface area (Å²) in [6.07, 6.45) is 0. The molecule has 0 aliphatic carbocycles. The minimum atomic E-state index is -0.306. The Hall–Kier alpha value is -1.22. The van der Waals surface area contributed by atoms with Crippen molar-refractivity contribution in [2.24, 2.45) is 0 Å². The predicted molar refractivity (Wildman–Crippen MR) is 86.4 cm³/mol. The van der Waals surface area contributed by atoms with Gasteiger partial charge in [-0.1, -0.05) is 59.1 Å². The molecule has 1 amide bonds. The van der Waals surface area contributed by atoms with Gasteiger partial charge in [0, 0.05) is 17.5 Å². The van der Waals surface area contributed by atoms with Gasteiger partial charge in [-0.25, -0.2) is 0 Å². The van der Waals surface area contributed by atoms with E-state index in [1.54, 1.807) is 12.1 Å². The molecule has 0 radical (unpaired) electrons. The van der Waals surface area contributed by atoms with E-state index in [0.29, 0.717) is 21.6 Å². The highest BCUT2D eigenvalue weighted by Crippen LogP contribution is 2.40. The van der Waals surface area contributed by atoms with E-state index in [9.17, 15) is 4.79 Å². The Labute approximate surface area is 138 Å². The Morgan fingerprint density at radius 3 is 2.43 bits per heavy atom. The number of benzene rings is 2. The molecule has 5 heteroatoms. The van der Waals surface area contributed by atoms with Crippen molar-refractivity contribution in [1.82, 2.24) is 5.32 Å². The second-order valence-corrected chi connectivity index (χ2v) is 6.25. The molecule has 0 bridgehead atoms. The average Bonchev–Trinajstić information content (AvgIpc) is 2.84. The zero-order valence-corrected chi connectivity index (χ0v) is 13.2. The molecule has 0 saturated carbocycles. The summed E-state index contributed by atoms with van der Waals surface area (Å²) in [5.41, 5.74) is 1.82. The molecule has 1 aliphatic heterocycles. The molecule has 2 aromatic carbocycles. The van der Waals surface area contributed by atoms with E-state index < -0.39 is 0 Å². The van der Waals surface area contributed by atoms with Gasteiger partial charge in [0.25, 0.3) is 0 Å². The van der Waals surface area contributed by atoms with Crippen LogP contribution in [0.5, 0.6) is 0 Å². The zero-order chi connectivity index (χ0) is 15.0. The highest BCUT2D eigenvalue weighted by atomic mass is 35.5. The van der Waals surface area contributed by atoms with Gasteiger partial charge in [-0.15, -0.1) is 0 Å². The number of hydrogen-bond donors (Lipinski definition) is 1. The molecule has 1 fully saturated rings. The Morgan fingerprint density at radius 2 is 1.71 bits per heavy atom. The maximum atomic E-state index is 12.2. The molecule has 108 valence electrons. The lowest BCUT2D eigenvalue weighted by atomic mass is 9.83. The molecule has 0 aromatic heterocycles. The van der Waals surface area contributed by atoms with E-state index in [-0.39, 0.29) is 17.7 Å². The third kappa shape index (κ3) is 2.76. The monoisotopic (exact) mass is 339 g/mol. The van der Waals surface area contributed by atoms with Crippen LogP contribution in [-0.2, 0) is 4.79 Å². The number of carbonyl (C=O) groups is 1.